The van der Waals surface area contributed by atoms with Crippen LogP contribution in [-0.2, 0) is 4.74 Å². The summed E-state index contributed by atoms with van der Waals surface area (Å²) in [6, 6.07) is 7.52. The average molecular weight is 312 g/mol. The largest absolute Gasteiger partial charge is 0.459 e. The molecule has 118 valence electrons. The molecule has 0 aliphatic carbocycles. The molecule has 0 aromatic heterocycles. The van der Waals surface area contributed by atoms with Gasteiger partial charge in [-0.3, -0.25) is 0 Å². The third kappa shape index (κ3) is 6.49. The summed E-state index contributed by atoms with van der Waals surface area (Å²) in [5.74, 6) is -0.290. The lowest BCUT2D eigenvalue weighted by atomic mass is 9.87. The fourth-order valence-corrected chi connectivity index (χ4v) is 2.23. The second kappa shape index (κ2) is 7.81. The van der Waals surface area contributed by atoms with Gasteiger partial charge in [0.05, 0.1) is 11.7 Å². The molecule has 0 spiro atoms. The fraction of sp³-hybridized carbons (Fsp3) is 0.588. The van der Waals surface area contributed by atoms with Crippen LogP contribution in [0.3, 0.4) is 0 Å². The zero-order chi connectivity index (χ0) is 16.0. The van der Waals surface area contributed by atoms with Gasteiger partial charge in [0, 0.05) is 6.04 Å². The Morgan fingerprint density at radius 3 is 2.24 bits per heavy atom. The van der Waals surface area contributed by atoms with Gasteiger partial charge in [-0.2, -0.15) is 0 Å². The minimum atomic E-state index is -0.290. The second-order valence-electron chi connectivity index (χ2n) is 6.84. The van der Waals surface area contributed by atoms with Crippen molar-refractivity contribution in [3.63, 3.8) is 0 Å². The van der Waals surface area contributed by atoms with Crippen LogP contribution < -0.4 is 4.84 Å². The standard InChI is InChI=1S/C17H26ClNO2/c1-12(2)21-16(20)14-8-6-13(7-9-14)15(19-18)10-11-17(3,4)5/h6-9,12,15,19H,10-11H2,1-5H3. The van der Waals surface area contributed by atoms with Crippen LogP contribution in [0.25, 0.3) is 0 Å². The van der Waals surface area contributed by atoms with E-state index in [1.54, 1.807) is 12.1 Å². The van der Waals surface area contributed by atoms with E-state index in [1.807, 2.05) is 26.0 Å². The van der Waals surface area contributed by atoms with Gasteiger partial charge in [0.15, 0.2) is 0 Å². The van der Waals surface area contributed by atoms with Gasteiger partial charge in [-0.15, -0.1) is 0 Å². The van der Waals surface area contributed by atoms with E-state index in [0.29, 0.717) is 5.56 Å². The lowest BCUT2D eigenvalue weighted by molar-refractivity contribution is 0.0378. The van der Waals surface area contributed by atoms with E-state index in [1.165, 1.54) is 0 Å². The summed E-state index contributed by atoms with van der Waals surface area (Å²) in [5.41, 5.74) is 1.92. The maximum atomic E-state index is 11.8. The molecule has 4 heteroatoms. The van der Waals surface area contributed by atoms with Crippen molar-refractivity contribution in [3.05, 3.63) is 35.4 Å². The van der Waals surface area contributed by atoms with Crippen LogP contribution in [0.2, 0.25) is 0 Å². The molecule has 0 saturated carbocycles. The van der Waals surface area contributed by atoms with Crippen LogP contribution in [0.1, 0.15) is 69.4 Å². The second-order valence-corrected chi connectivity index (χ2v) is 7.06. The summed E-state index contributed by atoms with van der Waals surface area (Å²) in [5, 5.41) is 0. The molecule has 0 aliphatic heterocycles. The molecule has 3 nitrogen and oxygen atoms in total. The molecule has 0 radical (unpaired) electrons. The highest BCUT2D eigenvalue weighted by Crippen LogP contribution is 2.28. The molecular weight excluding hydrogens is 286 g/mol. The lowest BCUT2D eigenvalue weighted by Crippen LogP contribution is -2.16. The molecule has 0 bridgehead atoms. The number of hydrogen-bond acceptors (Lipinski definition) is 3. The van der Waals surface area contributed by atoms with Crippen molar-refractivity contribution in [3.8, 4) is 0 Å². The van der Waals surface area contributed by atoms with Gasteiger partial charge in [0.2, 0.25) is 0 Å². The van der Waals surface area contributed by atoms with Gasteiger partial charge in [-0.05, 0) is 61.6 Å². The van der Waals surface area contributed by atoms with Crippen LogP contribution in [0.4, 0.5) is 0 Å². The summed E-state index contributed by atoms with van der Waals surface area (Å²) < 4.78 is 5.17. The first-order chi connectivity index (χ1) is 9.73. The summed E-state index contributed by atoms with van der Waals surface area (Å²) in [4.78, 5) is 14.6. The maximum absolute atomic E-state index is 11.8. The van der Waals surface area contributed by atoms with Crippen molar-refractivity contribution in [1.82, 2.24) is 4.84 Å². The molecule has 0 fully saturated rings. The highest BCUT2D eigenvalue weighted by atomic mass is 35.5. The van der Waals surface area contributed by atoms with Crippen molar-refractivity contribution in [1.29, 1.82) is 0 Å². The molecule has 1 N–H and O–H groups in total. The van der Waals surface area contributed by atoms with Crippen LogP contribution in [-0.4, -0.2) is 12.1 Å². The first-order valence-corrected chi connectivity index (χ1v) is 7.78. The smallest absolute Gasteiger partial charge is 0.338 e. The number of hydrogen-bond donors (Lipinski definition) is 1. The Balaban J connectivity index is 2.73. The maximum Gasteiger partial charge on any atom is 0.338 e. The molecule has 0 heterocycles. The van der Waals surface area contributed by atoms with Crippen LogP contribution in [0.5, 0.6) is 0 Å². The monoisotopic (exact) mass is 311 g/mol. The molecule has 21 heavy (non-hydrogen) atoms. The van der Waals surface area contributed by atoms with Gasteiger partial charge in [0.25, 0.3) is 0 Å². The Hall–Kier alpha value is -1.06. The predicted octanol–water partition coefficient (Wildman–Crippen LogP) is 4.86. The number of ether oxygens (including phenoxy) is 1. The molecule has 1 aromatic carbocycles. The number of halogens is 1. The van der Waals surface area contributed by atoms with Crippen LogP contribution in [0.15, 0.2) is 24.3 Å². The summed E-state index contributed by atoms with van der Waals surface area (Å²) >= 11 is 5.86. The van der Waals surface area contributed by atoms with E-state index < -0.39 is 0 Å². The molecular formula is C17H26ClNO2. The van der Waals surface area contributed by atoms with E-state index in [9.17, 15) is 4.79 Å². The van der Waals surface area contributed by atoms with Crippen molar-refractivity contribution in [2.75, 3.05) is 0 Å². The molecule has 1 rings (SSSR count). The number of esters is 1. The first kappa shape index (κ1) is 18.0. The molecule has 1 atom stereocenters. The van der Waals surface area contributed by atoms with Gasteiger partial charge in [-0.1, -0.05) is 32.9 Å². The average Bonchev–Trinajstić information content (AvgIpc) is 2.38. The molecule has 1 aromatic rings. The Kier molecular flexibility index (Phi) is 6.69. The number of rotatable bonds is 6. The fourth-order valence-electron chi connectivity index (χ4n) is 2.00. The normalized spacial score (nSPS) is 13.3. The Bertz CT molecular complexity index is 449. The molecule has 0 amide bonds. The number of carbonyl (C=O) groups excluding carboxylic acids is 1. The third-order valence-electron chi connectivity index (χ3n) is 3.21. The van der Waals surface area contributed by atoms with E-state index in [0.717, 1.165) is 18.4 Å². The Morgan fingerprint density at radius 2 is 1.81 bits per heavy atom. The zero-order valence-electron chi connectivity index (χ0n) is 13.6. The molecule has 1 unspecified atom stereocenters. The summed E-state index contributed by atoms with van der Waals surface area (Å²) in [6.45, 7) is 10.3. The van der Waals surface area contributed by atoms with Gasteiger partial charge in [-0.25, -0.2) is 9.63 Å². The third-order valence-corrected chi connectivity index (χ3v) is 3.47. The first-order valence-electron chi connectivity index (χ1n) is 7.40. The van der Waals surface area contributed by atoms with Crippen LogP contribution in [0, 0.1) is 5.41 Å². The lowest BCUT2D eigenvalue weighted by Gasteiger charge is -2.22. The summed E-state index contributed by atoms with van der Waals surface area (Å²) in [6.07, 6.45) is 1.90. The van der Waals surface area contributed by atoms with E-state index in [4.69, 9.17) is 16.5 Å². The quantitative estimate of drug-likeness (QED) is 0.602. The van der Waals surface area contributed by atoms with E-state index in [2.05, 4.69) is 25.6 Å². The highest BCUT2D eigenvalue weighted by molar-refractivity contribution is 6.13. The van der Waals surface area contributed by atoms with Crippen molar-refractivity contribution in [2.24, 2.45) is 5.41 Å². The molecule has 0 aliphatic rings. The number of carbonyl (C=O) groups is 1. The van der Waals surface area contributed by atoms with E-state index >= 15 is 0 Å². The molecule has 0 saturated heterocycles. The van der Waals surface area contributed by atoms with Gasteiger partial charge in [0.1, 0.15) is 0 Å². The minimum absolute atomic E-state index is 0.0843. The van der Waals surface area contributed by atoms with Crippen molar-refractivity contribution < 1.29 is 9.53 Å². The summed E-state index contributed by atoms with van der Waals surface area (Å²) in [7, 11) is 0. The van der Waals surface area contributed by atoms with Gasteiger partial charge >= 0.3 is 5.97 Å². The van der Waals surface area contributed by atoms with Gasteiger partial charge < -0.3 is 4.74 Å². The SMILES string of the molecule is CC(C)OC(=O)c1ccc(C(CCC(C)(C)C)NCl)cc1. The Morgan fingerprint density at radius 1 is 1.24 bits per heavy atom. The predicted molar refractivity (Wildman–Crippen MR) is 87.4 cm³/mol. The van der Waals surface area contributed by atoms with Crippen molar-refractivity contribution in [2.45, 2.75) is 59.6 Å². The highest BCUT2D eigenvalue weighted by Gasteiger charge is 2.17. The topological polar surface area (TPSA) is 38.3 Å². The number of benzene rings is 1. The van der Waals surface area contributed by atoms with Crippen molar-refractivity contribution >= 4 is 17.7 Å². The zero-order valence-corrected chi connectivity index (χ0v) is 14.3. The number of nitrogens with one attached hydrogen (secondary N) is 1. The minimum Gasteiger partial charge on any atom is -0.459 e. The van der Waals surface area contributed by atoms with Crippen LogP contribution >= 0.6 is 11.8 Å². The van der Waals surface area contributed by atoms with E-state index in [-0.39, 0.29) is 23.5 Å². The Labute approximate surface area is 133 Å².